The second kappa shape index (κ2) is 4.11. The van der Waals surface area contributed by atoms with Crippen LogP contribution in [0.15, 0.2) is 18.3 Å². The lowest BCUT2D eigenvalue weighted by Crippen LogP contribution is -2.61. The van der Waals surface area contributed by atoms with Crippen molar-refractivity contribution in [1.82, 2.24) is 10.3 Å². The predicted molar refractivity (Wildman–Crippen MR) is 64.6 cm³/mol. The van der Waals surface area contributed by atoms with Crippen molar-refractivity contribution in [3.8, 4) is 0 Å². The van der Waals surface area contributed by atoms with E-state index in [2.05, 4.69) is 10.3 Å². The van der Waals surface area contributed by atoms with Crippen LogP contribution in [0, 0.1) is 12.3 Å². The summed E-state index contributed by atoms with van der Waals surface area (Å²) in [6.45, 7) is 5.74. The third-order valence-electron chi connectivity index (χ3n) is 3.77. The summed E-state index contributed by atoms with van der Waals surface area (Å²) < 4.78 is 0. The molecule has 4 heteroatoms. The number of aliphatic hydroxyl groups is 1. The van der Waals surface area contributed by atoms with E-state index in [0.717, 1.165) is 5.69 Å². The van der Waals surface area contributed by atoms with Crippen molar-refractivity contribution >= 4 is 5.91 Å². The lowest BCUT2D eigenvalue weighted by molar-refractivity contribution is -0.0689. The van der Waals surface area contributed by atoms with Gasteiger partial charge in [-0.3, -0.25) is 9.78 Å². The van der Waals surface area contributed by atoms with Crippen molar-refractivity contribution in [2.75, 3.05) is 0 Å². The minimum absolute atomic E-state index is 0.0320. The summed E-state index contributed by atoms with van der Waals surface area (Å²) in [7, 11) is 0. The van der Waals surface area contributed by atoms with Gasteiger partial charge in [-0.1, -0.05) is 13.8 Å². The average Bonchev–Trinajstić information content (AvgIpc) is 2.29. The molecule has 1 saturated carbocycles. The minimum Gasteiger partial charge on any atom is -0.392 e. The molecule has 1 fully saturated rings. The van der Waals surface area contributed by atoms with Gasteiger partial charge in [-0.15, -0.1) is 0 Å². The van der Waals surface area contributed by atoms with Gasteiger partial charge in [-0.25, -0.2) is 0 Å². The molecule has 4 nitrogen and oxygen atoms in total. The fraction of sp³-hybridized carbons (Fsp3) is 0.538. The van der Waals surface area contributed by atoms with E-state index in [1.807, 2.05) is 20.8 Å². The molecule has 1 aromatic heterocycles. The average molecular weight is 234 g/mol. The Hall–Kier alpha value is -1.42. The molecule has 0 aromatic carbocycles. The first kappa shape index (κ1) is 12.0. The minimum atomic E-state index is -0.331. The number of aryl methyl sites for hydroxylation is 1. The van der Waals surface area contributed by atoms with Gasteiger partial charge in [-0.05, 0) is 25.5 Å². The molecule has 1 amide bonds. The van der Waals surface area contributed by atoms with Crippen LogP contribution in [0.2, 0.25) is 0 Å². The van der Waals surface area contributed by atoms with Gasteiger partial charge in [0.25, 0.3) is 5.91 Å². The van der Waals surface area contributed by atoms with Gasteiger partial charge in [-0.2, -0.15) is 0 Å². The van der Waals surface area contributed by atoms with Crippen molar-refractivity contribution in [2.45, 2.75) is 39.3 Å². The topological polar surface area (TPSA) is 62.2 Å². The number of aromatic nitrogens is 1. The largest absolute Gasteiger partial charge is 0.392 e. The first-order chi connectivity index (χ1) is 7.93. The molecule has 2 unspecified atom stereocenters. The van der Waals surface area contributed by atoms with E-state index < -0.39 is 0 Å². The van der Waals surface area contributed by atoms with Crippen LogP contribution in [0.25, 0.3) is 0 Å². The first-order valence-electron chi connectivity index (χ1n) is 5.83. The van der Waals surface area contributed by atoms with E-state index in [-0.39, 0.29) is 23.5 Å². The molecule has 0 bridgehead atoms. The van der Waals surface area contributed by atoms with E-state index >= 15 is 0 Å². The summed E-state index contributed by atoms with van der Waals surface area (Å²) >= 11 is 0. The van der Waals surface area contributed by atoms with Crippen LogP contribution >= 0.6 is 0 Å². The standard InChI is InChI=1S/C13H18N2O2/c1-8-9(5-4-6-14-8)12(17)15-10-7-11(16)13(10,2)3/h4-6,10-11,16H,7H2,1-3H3,(H,15,17). The Morgan fingerprint density at radius 2 is 2.29 bits per heavy atom. The van der Waals surface area contributed by atoms with Crippen LogP contribution in [0.3, 0.4) is 0 Å². The number of nitrogens with one attached hydrogen (secondary N) is 1. The molecule has 17 heavy (non-hydrogen) atoms. The molecular weight excluding hydrogens is 216 g/mol. The van der Waals surface area contributed by atoms with Crippen LogP contribution in [0.5, 0.6) is 0 Å². The maximum Gasteiger partial charge on any atom is 0.253 e. The third kappa shape index (κ3) is 2.05. The molecule has 1 aliphatic rings. The third-order valence-corrected chi connectivity index (χ3v) is 3.77. The van der Waals surface area contributed by atoms with Gasteiger partial charge in [0.05, 0.1) is 11.7 Å². The highest BCUT2D eigenvalue weighted by Crippen LogP contribution is 2.40. The highest BCUT2D eigenvalue weighted by Gasteiger charge is 2.48. The fourth-order valence-corrected chi connectivity index (χ4v) is 2.11. The Kier molecular flexibility index (Phi) is 2.91. The molecule has 92 valence electrons. The van der Waals surface area contributed by atoms with Crippen molar-refractivity contribution in [1.29, 1.82) is 0 Å². The normalized spacial score (nSPS) is 26.1. The number of amides is 1. The maximum absolute atomic E-state index is 12.0. The van der Waals surface area contributed by atoms with E-state index in [4.69, 9.17) is 0 Å². The highest BCUT2D eigenvalue weighted by atomic mass is 16.3. The summed E-state index contributed by atoms with van der Waals surface area (Å²) in [5.74, 6) is -0.111. The van der Waals surface area contributed by atoms with E-state index in [1.54, 1.807) is 18.3 Å². The number of carbonyl (C=O) groups excluding carboxylic acids is 1. The zero-order valence-electron chi connectivity index (χ0n) is 10.4. The molecule has 0 radical (unpaired) electrons. The summed E-state index contributed by atoms with van der Waals surface area (Å²) in [6.07, 6.45) is 1.96. The van der Waals surface area contributed by atoms with Crippen LogP contribution < -0.4 is 5.32 Å². The quantitative estimate of drug-likeness (QED) is 0.810. The number of pyridine rings is 1. The first-order valence-corrected chi connectivity index (χ1v) is 5.83. The second-order valence-electron chi connectivity index (χ2n) is 5.24. The Labute approximate surface area is 101 Å². The van der Waals surface area contributed by atoms with Crippen LogP contribution in [0.4, 0.5) is 0 Å². The molecule has 1 aromatic rings. The van der Waals surface area contributed by atoms with Crippen LogP contribution in [-0.2, 0) is 0 Å². The van der Waals surface area contributed by atoms with Crippen molar-refractivity contribution in [3.63, 3.8) is 0 Å². The number of rotatable bonds is 2. The zero-order chi connectivity index (χ0) is 12.6. The van der Waals surface area contributed by atoms with Gasteiger partial charge in [0.1, 0.15) is 0 Å². The molecule has 0 spiro atoms. The van der Waals surface area contributed by atoms with E-state index in [0.29, 0.717) is 12.0 Å². The number of hydrogen-bond donors (Lipinski definition) is 2. The second-order valence-corrected chi connectivity index (χ2v) is 5.24. The van der Waals surface area contributed by atoms with Crippen LogP contribution in [0.1, 0.15) is 36.3 Å². The Morgan fingerprint density at radius 3 is 2.82 bits per heavy atom. The van der Waals surface area contributed by atoms with Crippen molar-refractivity contribution in [2.24, 2.45) is 5.41 Å². The summed E-state index contributed by atoms with van der Waals surface area (Å²) in [4.78, 5) is 16.1. The molecule has 0 aliphatic heterocycles. The Balaban J connectivity index is 2.07. The van der Waals surface area contributed by atoms with Crippen molar-refractivity contribution in [3.05, 3.63) is 29.6 Å². The van der Waals surface area contributed by atoms with Crippen molar-refractivity contribution < 1.29 is 9.90 Å². The van der Waals surface area contributed by atoms with Crippen LogP contribution in [-0.4, -0.2) is 28.1 Å². The summed E-state index contributed by atoms with van der Waals surface area (Å²) in [5, 5.41) is 12.6. The Bertz CT molecular complexity index is 443. The number of carbonyl (C=O) groups is 1. The fourth-order valence-electron chi connectivity index (χ4n) is 2.11. The molecule has 0 saturated heterocycles. The zero-order valence-corrected chi connectivity index (χ0v) is 10.4. The van der Waals surface area contributed by atoms with E-state index in [1.165, 1.54) is 0 Å². The number of aliphatic hydroxyl groups excluding tert-OH is 1. The number of hydrogen-bond acceptors (Lipinski definition) is 3. The molecule has 2 atom stereocenters. The smallest absolute Gasteiger partial charge is 0.253 e. The van der Waals surface area contributed by atoms with Gasteiger partial charge in [0.15, 0.2) is 0 Å². The van der Waals surface area contributed by atoms with Gasteiger partial charge in [0.2, 0.25) is 0 Å². The molecule has 2 rings (SSSR count). The highest BCUT2D eigenvalue weighted by molar-refractivity contribution is 5.95. The molecule has 1 heterocycles. The maximum atomic E-state index is 12.0. The van der Waals surface area contributed by atoms with Gasteiger partial charge < -0.3 is 10.4 Å². The molecular formula is C13H18N2O2. The van der Waals surface area contributed by atoms with Gasteiger partial charge in [0, 0.05) is 23.3 Å². The van der Waals surface area contributed by atoms with Gasteiger partial charge >= 0.3 is 0 Å². The molecule has 2 N–H and O–H groups in total. The molecule has 1 aliphatic carbocycles. The predicted octanol–water partition coefficient (Wildman–Crippen LogP) is 1.28. The summed E-state index contributed by atoms with van der Waals surface area (Å²) in [6, 6.07) is 3.55. The Morgan fingerprint density at radius 1 is 1.59 bits per heavy atom. The summed E-state index contributed by atoms with van der Waals surface area (Å²) in [5.41, 5.74) is 1.08. The lowest BCUT2D eigenvalue weighted by atomic mass is 9.64. The van der Waals surface area contributed by atoms with E-state index in [9.17, 15) is 9.90 Å². The SMILES string of the molecule is Cc1ncccc1C(=O)NC1CC(O)C1(C)C. The lowest BCUT2D eigenvalue weighted by Gasteiger charge is -2.49. The monoisotopic (exact) mass is 234 g/mol. The number of nitrogens with zero attached hydrogens (tertiary/aromatic N) is 1.